The molecule has 6 nitrogen and oxygen atoms in total. The molecular weight excluding hydrogens is 268 g/mol. The molecule has 0 aromatic carbocycles. The summed E-state index contributed by atoms with van der Waals surface area (Å²) in [7, 11) is 0. The van der Waals surface area contributed by atoms with E-state index >= 15 is 0 Å². The van der Waals surface area contributed by atoms with E-state index in [4.69, 9.17) is 0 Å². The zero-order chi connectivity index (χ0) is 15.2. The first-order valence-corrected chi connectivity index (χ1v) is 7.35. The Morgan fingerprint density at radius 3 is 2.62 bits per heavy atom. The van der Waals surface area contributed by atoms with Gasteiger partial charge in [0.05, 0.1) is 11.9 Å². The van der Waals surface area contributed by atoms with Crippen LogP contribution in [0.1, 0.15) is 30.8 Å². The first-order valence-electron chi connectivity index (χ1n) is 7.35. The van der Waals surface area contributed by atoms with Crippen LogP contribution in [0.25, 0.3) is 0 Å². The van der Waals surface area contributed by atoms with Crippen LogP contribution >= 0.6 is 0 Å². The third-order valence-corrected chi connectivity index (χ3v) is 3.80. The smallest absolute Gasteiger partial charge is 0.270 e. The van der Waals surface area contributed by atoms with Crippen molar-refractivity contribution >= 4 is 18.0 Å². The molecule has 0 saturated carbocycles. The number of amides is 2. The van der Waals surface area contributed by atoms with Crippen molar-refractivity contribution in [2.75, 3.05) is 31.1 Å². The fraction of sp³-hybridized carbons (Fsp3) is 0.533. The highest BCUT2D eigenvalue weighted by Gasteiger charge is 2.16. The van der Waals surface area contributed by atoms with Crippen molar-refractivity contribution in [2.24, 2.45) is 0 Å². The SMILES string of the molecule is CCC(C)NC(=O)c1ccc(N2CCN(C=O)CC2)cn1. The summed E-state index contributed by atoms with van der Waals surface area (Å²) in [6.07, 6.45) is 3.50. The van der Waals surface area contributed by atoms with Gasteiger partial charge in [-0.3, -0.25) is 9.59 Å². The minimum Gasteiger partial charge on any atom is -0.367 e. The molecule has 21 heavy (non-hydrogen) atoms. The molecule has 1 N–H and O–H groups in total. The maximum absolute atomic E-state index is 12.0. The summed E-state index contributed by atoms with van der Waals surface area (Å²) in [5.41, 5.74) is 1.42. The van der Waals surface area contributed by atoms with Crippen molar-refractivity contribution < 1.29 is 9.59 Å². The predicted molar refractivity (Wildman–Crippen MR) is 81.3 cm³/mol. The third-order valence-electron chi connectivity index (χ3n) is 3.80. The van der Waals surface area contributed by atoms with Crippen molar-refractivity contribution in [2.45, 2.75) is 26.3 Å². The van der Waals surface area contributed by atoms with E-state index in [2.05, 4.69) is 15.2 Å². The normalized spacial score (nSPS) is 16.5. The molecule has 1 unspecified atom stereocenters. The number of carbonyl (C=O) groups is 2. The van der Waals surface area contributed by atoms with Gasteiger partial charge in [0.2, 0.25) is 6.41 Å². The minimum atomic E-state index is -0.137. The summed E-state index contributed by atoms with van der Waals surface area (Å²) < 4.78 is 0. The van der Waals surface area contributed by atoms with Gasteiger partial charge in [0.1, 0.15) is 5.69 Å². The molecule has 2 amide bonds. The van der Waals surface area contributed by atoms with Crippen molar-refractivity contribution in [3.05, 3.63) is 24.0 Å². The first kappa shape index (κ1) is 15.3. The number of aromatic nitrogens is 1. The number of nitrogens with zero attached hydrogens (tertiary/aromatic N) is 3. The molecule has 2 heterocycles. The predicted octanol–water partition coefficient (Wildman–Crippen LogP) is 0.888. The summed E-state index contributed by atoms with van der Waals surface area (Å²) in [6, 6.07) is 3.81. The Hall–Kier alpha value is -2.11. The second-order valence-corrected chi connectivity index (χ2v) is 5.31. The van der Waals surface area contributed by atoms with Crippen LogP contribution in [0, 0.1) is 0 Å². The number of rotatable bonds is 5. The van der Waals surface area contributed by atoms with Gasteiger partial charge in [0.15, 0.2) is 0 Å². The monoisotopic (exact) mass is 290 g/mol. The van der Waals surface area contributed by atoms with E-state index in [1.807, 2.05) is 19.9 Å². The molecule has 1 aliphatic heterocycles. The van der Waals surface area contributed by atoms with Gasteiger partial charge in [-0.25, -0.2) is 4.98 Å². The average molecular weight is 290 g/mol. The lowest BCUT2D eigenvalue weighted by Crippen LogP contribution is -2.45. The highest BCUT2D eigenvalue weighted by Crippen LogP contribution is 2.15. The summed E-state index contributed by atoms with van der Waals surface area (Å²) in [6.45, 7) is 7.02. The van der Waals surface area contributed by atoms with Crippen LogP contribution in [0.5, 0.6) is 0 Å². The number of nitrogens with one attached hydrogen (secondary N) is 1. The largest absolute Gasteiger partial charge is 0.367 e. The molecular formula is C15H22N4O2. The van der Waals surface area contributed by atoms with Crippen LogP contribution < -0.4 is 10.2 Å². The van der Waals surface area contributed by atoms with Crippen molar-refractivity contribution in [3.8, 4) is 0 Å². The van der Waals surface area contributed by atoms with Crippen LogP contribution in [0.15, 0.2) is 18.3 Å². The van der Waals surface area contributed by atoms with Gasteiger partial charge >= 0.3 is 0 Å². The highest BCUT2D eigenvalue weighted by molar-refractivity contribution is 5.92. The molecule has 1 aromatic rings. The Morgan fingerprint density at radius 2 is 2.10 bits per heavy atom. The Labute approximate surface area is 125 Å². The number of piperazine rings is 1. The zero-order valence-corrected chi connectivity index (χ0v) is 12.6. The Bertz CT molecular complexity index is 481. The summed E-state index contributed by atoms with van der Waals surface area (Å²) in [5.74, 6) is -0.137. The topological polar surface area (TPSA) is 65.5 Å². The van der Waals surface area contributed by atoms with Crippen LogP contribution in [0.3, 0.4) is 0 Å². The lowest BCUT2D eigenvalue weighted by molar-refractivity contribution is -0.118. The van der Waals surface area contributed by atoms with Gasteiger partial charge in [-0.2, -0.15) is 0 Å². The summed E-state index contributed by atoms with van der Waals surface area (Å²) >= 11 is 0. The maximum atomic E-state index is 12.0. The van der Waals surface area contributed by atoms with E-state index < -0.39 is 0 Å². The molecule has 1 aliphatic rings. The Balaban J connectivity index is 1.96. The lowest BCUT2D eigenvalue weighted by atomic mass is 10.2. The Morgan fingerprint density at radius 1 is 1.38 bits per heavy atom. The van der Waals surface area contributed by atoms with Crippen LogP contribution in [-0.4, -0.2) is 54.4 Å². The van der Waals surface area contributed by atoms with Gasteiger partial charge in [-0.15, -0.1) is 0 Å². The van der Waals surface area contributed by atoms with E-state index in [0.717, 1.165) is 44.7 Å². The molecule has 1 fully saturated rings. The van der Waals surface area contributed by atoms with Gasteiger partial charge < -0.3 is 15.1 Å². The van der Waals surface area contributed by atoms with Gasteiger partial charge in [-0.1, -0.05) is 6.92 Å². The van der Waals surface area contributed by atoms with Gasteiger partial charge in [0, 0.05) is 32.2 Å². The molecule has 0 bridgehead atoms. The third kappa shape index (κ3) is 3.93. The van der Waals surface area contributed by atoms with Crippen LogP contribution in [-0.2, 0) is 4.79 Å². The fourth-order valence-corrected chi connectivity index (χ4v) is 2.19. The molecule has 0 radical (unpaired) electrons. The molecule has 1 aromatic heterocycles. The van der Waals surface area contributed by atoms with Gasteiger partial charge in [0.25, 0.3) is 5.91 Å². The standard InChI is InChI=1S/C15H22N4O2/c1-3-12(2)17-15(21)14-5-4-13(10-16-14)19-8-6-18(11-20)7-9-19/h4-5,10-12H,3,6-9H2,1-2H3,(H,17,21). The summed E-state index contributed by atoms with van der Waals surface area (Å²) in [4.78, 5) is 30.8. The molecule has 6 heteroatoms. The molecule has 2 rings (SSSR count). The number of pyridine rings is 1. The molecule has 1 saturated heterocycles. The van der Waals surface area contributed by atoms with Crippen molar-refractivity contribution in [1.29, 1.82) is 0 Å². The molecule has 0 spiro atoms. The Kier molecular flexibility index (Phi) is 5.14. The molecule has 114 valence electrons. The van der Waals surface area contributed by atoms with E-state index in [1.54, 1.807) is 17.2 Å². The number of anilines is 1. The quantitative estimate of drug-likeness (QED) is 0.818. The lowest BCUT2D eigenvalue weighted by Gasteiger charge is -2.33. The second-order valence-electron chi connectivity index (χ2n) is 5.31. The number of hydrogen-bond donors (Lipinski definition) is 1. The van der Waals surface area contributed by atoms with E-state index in [0.29, 0.717) is 5.69 Å². The van der Waals surface area contributed by atoms with E-state index in [1.165, 1.54) is 0 Å². The van der Waals surface area contributed by atoms with Crippen LogP contribution in [0.2, 0.25) is 0 Å². The minimum absolute atomic E-state index is 0.137. The molecule has 1 atom stereocenters. The highest BCUT2D eigenvalue weighted by atomic mass is 16.2. The number of hydrogen-bond acceptors (Lipinski definition) is 4. The second kappa shape index (κ2) is 7.06. The van der Waals surface area contributed by atoms with Crippen molar-refractivity contribution in [3.63, 3.8) is 0 Å². The van der Waals surface area contributed by atoms with E-state index in [-0.39, 0.29) is 11.9 Å². The summed E-state index contributed by atoms with van der Waals surface area (Å²) in [5, 5.41) is 2.90. The maximum Gasteiger partial charge on any atom is 0.270 e. The van der Waals surface area contributed by atoms with Crippen LogP contribution in [0.4, 0.5) is 5.69 Å². The number of carbonyl (C=O) groups excluding carboxylic acids is 2. The molecule has 0 aliphatic carbocycles. The van der Waals surface area contributed by atoms with Crippen molar-refractivity contribution in [1.82, 2.24) is 15.2 Å². The fourth-order valence-electron chi connectivity index (χ4n) is 2.19. The van der Waals surface area contributed by atoms with E-state index in [9.17, 15) is 9.59 Å². The van der Waals surface area contributed by atoms with Gasteiger partial charge in [-0.05, 0) is 25.5 Å². The average Bonchev–Trinajstić information content (AvgIpc) is 2.55. The first-order chi connectivity index (χ1) is 10.1. The zero-order valence-electron chi connectivity index (χ0n) is 12.6.